The first-order valence-electron chi connectivity index (χ1n) is 11.6. The molecule has 1 fully saturated rings. The van der Waals surface area contributed by atoms with Crippen LogP contribution in [-0.4, -0.2) is 38.2 Å². The molecule has 1 unspecified atom stereocenters. The highest BCUT2D eigenvalue weighted by Gasteiger charge is 2.46. The van der Waals surface area contributed by atoms with Gasteiger partial charge in [0.25, 0.3) is 17.4 Å². The van der Waals surface area contributed by atoms with Crippen molar-refractivity contribution in [3.05, 3.63) is 105 Å². The number of unbranched alkanes of at least 4 members (excludes halogenated alkanes) is 1. The van der Waals surface area contributed by atoms with E-state index in [1.165, 1.54) is 23.1 Å². The Kier molecular flexibility index (Phi) is 7.39. The Bertz CT molecular complexity index is 1300. The van der Waals surface area contributed by atoms with Gasteiger partial charge in [-0.05, 0) is 47.9 Å². The molecule has 1 aliphatic heterocycles. The number of aliphatic hydroxyl groups excluding tert-OH is 1. The van der Waals surface area contributed by atoms with Gasteiger partial charge in [-0.3, -0.25) is 24.7 Å². The summed E-state index contributed by atoms with van der Waals surface area (Å²) in [4.78, 5) is 42.5. The molecule has 1 saturated heterocycles. The molecule has 2 heterocycles. The number of carbonyl (C=O) groups is 2. The van der Waals surface area contributed by atoms with Crippen LogP contribution in [0.3, 0.4) is 0 Å². The zero-order valence-corrected chi connectivity index (χ0v) is 19.7. The number of hydrogen-bond acceptors (Lipinski definition) is 7. The molecule has 9 nitrogen and oxygen atoms in total. The van der Waals surface area contributed by atoms with Gasteiger partial charge in [0, 0.05) is 36.6 Å². The number of hydrogen-bond donors (Lipinski definition) is 1. The molecule has 9 heteroatoms. The van der Waals surface area contributed by atoms with Gasteiger partial charge in [-0.1, -0.05) is 31.5 Å². The number of Topliss-reactive ketones (excluding diaryl/α,β-unsaturated/α-hetero) is 1. The Hall–Kier alpha value is -4.53. The largest absolute Gasteiger partial charge is 0.507 e. The Morgan fingerprint density at radius 3 is 2.58 bits per heavy atom. The van der Waals surface area contributed by atoms with Crippen molar-refractivity contribution in [1.29, 1.82) is 0 Å². The minimum absolute atomic E-state index is 0.0345. The van der Waals surface area contributed by atoms with Crippen LogP contribution in [0.15, 0.2) is 78.6 Å². The van der Waals surface area contributed by atoms with E-state index in [9.17, 15) is 24.8 Å². The summed E-state index contributed by atoms with van der Waals surface area (Å²) >= 11 is 0. The van der Waals surface area contributed by atoms with Crippen molar-refractivity contribution in [2.75, 3.05) is 6.61 Å². The van der Waals surface area contributed by atoms with Gasteiger partial charge in [0.1, 0.15) is 11.5 Å². The minimum Gasteiger partial charge on any atom is -0.507 e. The third-order valence-corrected chi connectivity index (χ3v) is 5.91. The number of ketones is 1. The Morgan fingerprint density at radius 2 is 1.92 bits per heavy atom. The maximum Gasteiger partial charge on any atom is 0.295 e. The van der Waals surface area contributed by atoms with Crippen molar-refractivity contribution >= 4 is 23.1 Å². The maximum absolute atomic E-state index is 13.2. The van der Waals surface area contributed by atoms with Crippen molar-refractivity contribution < 1.29 is 24.4 Å². The Labute approximate surface area is 207 Å². The van der Waals surface area contributed by atoms with Gasteiger partial charge in [0.2, 0.25) is 0 Å². The van der Waals surface area contributed by atoms with Crippen molar-refractivity contribution in [3.8, 4) is 5.75 Å². The number of nitro groups is 1. The van der Waals surface area contributed by atoms with Crippen molar-refractivity contribution in [1.82, 2.24) is 9.88 Å². The number of nitro benzene ring substituents is 1. The predicted molar refractivity (Wildman–Crippen MR) is 132 cm³/mol. The van der Waals surface area contributed by atoms with E-state index in [4.69, 9.17) is 4.74 Å². The molecule has 1 amide bonds. The number of pyridine rings is 1. The molecule has 3 aromatic rings. The number of likely N-dealkylation sites (tertiary alicyclic amines) is 1. The molecule has 0 spiro atoms. The van der Waals surface area contributed by atoms with Crippen LogP contribution in [0.1, 0.15) is 42.5 Å². The number of aliphatic hydroxyl groups is 1. The molecule has 2 aromatic carbocycles. The highest BCUT2D eigenvalue weighted by Crippen LogP contribution is 2.41. The summed E-state index contributed by atoms with van der Waals surface area (Å²) in [5, 5.41) is 22.6. The number of non-ortho nitro benzene ring substituents is 1. The van der Waals surface area contributed by atoms with Crippen molar-refractivity contribution in [2.24, 2.45) is 0 Å². The zero-order chi connectivity index (χ0) is 25.7. The second-order valence-corrected chi connectivity index (χ2v) is 8.37. The molecule has 0 aliphatic carbocycles. The van der Waals surface area contributed by atoms with Crippen LogP contribution in [0.5, 0.6) is 5.75 Å². The number of rotatable bonds is 9. The lowest BCUT2D eigenvalue weighted by molar-refractivity contribution is -0.384. The summed E-state index contributed by atoms with van der Waals surface area (Å²) in [5.41, 5.74) is 1.02. The van der Waals surface area contributed by atoms with Gasteiger partial charge in [-0.25, -0.2) is 0 Å². The van der Waals surface area contributed by atoms with Crippen molar-refractivity contribution in [2.45, 2.75) is 32.4 Å². The van der Waals surface area contributed by atoms with Crippen LogP contribution in [0, 0.1) is 10.1 Å². The summed E-state index contributed by atoms with van der Waals surface area (Å²) in [6.07, 6.45) is 5.06. The third-order valence-electron chi connectivity index (χ3n) is 5.91. The summed E-state index contributed by atoms with van der Waals surface area (Å²) in [6.45, 7) is 2.66. The molecule has 0 radical (unpaired) electrons. The van der Waals surface area contributed by atoms with Crippen LogP contribution >= 0.6 is 0 Å². The minimum atomic E-state index is -1.02. The van der Waals surface area contributed by atoms with E-state index in [0.717, 1.165) is 12.8 Å². The first-order chi connectivity index (χ1) is 17.4. The zero-order valence-electron chi connectivity index (χ0n) is 19.7. The van der Waals surface area contributed by atoms with E-state index in [1.54, 1.807) is 54.9 Å². The SMILES string of the molecule is CCCCOc1ccc(/C(O)=C2\C(=O)C(=O)N(Cc3cccnc3)C2c2cccc([N+](=O)[O-])c2)cc1. The normalized spacial score (nSPS) is 16.8. The number of carbonyl (C=O) groups excluding carboxylic acids is 2. The summed E-state index contributed by atoms with van der Waals surface area (Å²) < 4.78 is 5.66. The summed E-state index contributed by atoms with van der Waals surface area (Å²) in [6, 6.07) is 14.7. The smallest absolute Gasteiger partial charge is 0.295 e. The topological polar surface area (TPSA) is 123 Å². The average Bonchev–Trinajstić information content (AvgIpc) is 3.14. The lowest BCUT2D eigenvalue weighted by Gasteiger charge is -2.25. The first-order valence-corrected chi connectivity index (χ1v) is 11.6. The summed E-state index contributed by atoms with van der Waals surface area (Å²) in [5.74, 6) is -1.42. The average molecular weight is 488 g/mol. The van der Waals surface area contributed by atoms with Crippen LogP contribution in [-0.2, 0) is 16.1 Å². The molecule has 1 aromatic heterocycles. The quantitative estimate of drug-likeness (QED) is 0.115. The Balaban J connectivity index is 1.78. The number of aromatic nitrogens is 1. The molecular weight excluding hydrogens is 462 g/mol. The molecule has 184 valence electrons. The molecule has 1 N–H and O–H groups in total. The lowest BCUT2D eigenvalue weighted by atomic mass is 9.95. The van der Waals surface area contributed by atoms with Gasteiger partial charge in [0.15, 0.2) is 0 Å². The standard InChI is InChI=1S/C27H25N3O6/c1-2-3-14-36-22-11-9-19(10-12-22)25(31)23-24(20-7-4-8-21(15-20)30(34)35)29(27(33)26(23)32)17-18-6-5-13-28-16-18/h4-13,15-16,24,31H,2-3,14,17H2,1H3/b25-23+. The van der Waals surface area contributed by atoms with E-state index < -0.39 is 22.7 Å². The maximum atomic E-state index is 13.2. The lowest BCUT2D eigenvalue weighted by Crippen LogP contribution is -2.29. The second-order valence-electron chi connectivity index (χ2n) is 8.37. The third kappa shape index (κ3) is 5.10. The first kappa shape index (κ1) is 24.6. The number of ether oxygens (including phenoxy) is 1. The van der Waals surface area contributed by atoms with Gasteiger partial charge < -0.3 is 14.7 Å². The van der Waals surface area contributed by atoms with Gasteiger partial charge in [-0.15, -0.1) is 0 Å². The molecule has 1 aliphatic rings. The number of nitrogens with zero attached hydrogens (tertiary/aromatic N) is 3. The van der Waals surface area contributed by atoms with E-state index >= 15 is 0 Å². The van der Waals surface area contributed by atoms with E-state index in [0.29, 0.717) is 29.0 Å². The fraction of sp³-hybridized carbons (Fsp3) is 0.222. The van der Waals surface area contributed by atoms with Gasteiger partial charge >= 0.3 is 0 Å². The molecule has 1 atom stereocenters. The highest BCUT2D eigenvalue weighted by molar-refractivity contribution is 6.46. The van der Waals surface area contributed by atoms with Crippen LogP contribution in [0.4, 0.5) is 5.69 Å². The number of benzene rings is 2. The van der Waals surface area contributed by atoms with Crippen LogP contribution in [0.25, 0.3) is 5.76 Å². The van der Waals surface area contributed by atoms with Crippen LogP contribution < -0.4 is 4.74 Å². The van der Waals surface area contributed by atoms with Gasteiger partial charge in [0.05, 0.1) is 23.1 Å². The van der Waals surface area contributed by atoms with E-state index in [1.807, 2.05) is 0 Å². The summed E-state index contributed by atoms with van der Waals surface area (Å²) in [7, 11) is 0. The fourth-order valence-electron chi connectivity index (χ4n) is 4.09. The molecule has 36 heavy (non-hydrogen) atoms. The Morgan fingerprint density at radius 1 is 1.14 bits per heavy atom. The predicted octanol–water partition coefficient (Wildman–Crippen LogP) is 4.79. The molecule has 0 saturated carbocycles. The van der Waals surface area contributed by atoms with Crippen LogP contribution in [0.2, 0.25) is 0 Å². The van der Waals surface area contributed by atoms with E-state index in [-0.39, 0.29) is 23.6 Å². The van der Waals surface area contributed by atoms with E-state index in [2.05, 4.69) is 11.9 Å². The van der Waals surface area contributed by atoms with Gasteiger partial charge in [-0.2, -0.15) is 0 Å². The molecule has 0 bridgehead atoms. The number of amides is 1. The second kappa shape index (κ2) is 10.8. The van der Waals surface area contributed by atoms with Crippen molar-refractivity contribution in [3.63, 3.8) is 0 Å². The highest BCUT2D eigenvalue weighted by atomic mass is 16.6. The molecule has 4 rings (SSSR count). The monoisotopic (exact) mass is 487 g/mol. The molecular formula is C27H25N3O6. The fourth-order valence-corrected chi connectivity index (χ4v) is 4.09.